The van der Waals surface area contributed by atoms with Crippen molar-refractivity contribution < 1.29 is 5.11 Å². The van der Waals surface area contributed by atoms with Gasteiger partial charge in [0, 0.05) is 42.0 Å². The second-order valence-electron chi connectivity index (χ2n) is 5.44. The molecule has 0 saturated heterocycles. The number of rotatable bonds is 1. The maximum atomic E-state index is 10.3. The Labute approximate surface area is 118 Å². The lowest BCUT2D eigenvalue weighted by atomic mass is 9.90. The molecule has 0 fully saturated rings. The summed E-state index contributed by atoms with van der Waals surface area (Å²) in [5.74, 6) is 1.27. The molecule has 2 aromatic rings. The monoisotopic (exact) mass is 275 g/mol. The van der Waals surface area contributed by atoms with E-state index >= 15 is 0 Å². The van der Waals surface area contributed by atoms with Crippen LogP contribution < -0.4 is 4.90 Å². The molecule has 3 heteroatoms. The molecule has 0 amide bonds. The average molecular weight is 276 g/mol. The number of fused-ring (bicyclic) bond motifs is 3. The standard InChI is InChI=1S/C16H18ClNO/c1-9-5-4-6-11-14(19)7-13-16(15(9)11)12(8-17)10(2)18(13)3/h4-7,10,12,19H,8H2,1-3H3/t10-,12-/m1/s1. The van der Waals surface area contributed by atoms with Crippen molar-refractivity contribution in [2.45, 2.75) is 25.8 Å². The van der Waals surface area contributed by atoms with Gasteiger partial charge in [0.15, 0.2) is 0 Å². The highest BCUT2D eigenvalue weighted by Gasteiger charge is 2.35. The van der Waals surface area contributed by atoms with Crippen molar-refractivity contribution in [1.29, 1.82) is 0 Å². The maximum Gasteiger partial charge on any atom is 0.125 e. The van der Waals surface area contributed by atoms with E-state index in [0.717, 1.165) is 11.1 Å². The van der Waals surface area contributed by atoms with Crippen LogP contribution in [0.3, 0.4) is 0 Å². The van der Waals surface area contributed by atoms with E-state index < -0.39 is 0 Å². The lowest BCUT2D eigenvalue weighted by molar-refractivity contribution is 0.481. The van der Waals surface area contributed by atoms with Crippen LogP contribution in [0.5, 0.6) is 5.75 Å². The summed E-state index contributed by atoms with van der Waals surface area (Å²) in [7, 11) is 2.07. The van der Waals surface area contributed by atoms with Gasteiger partial charge in [0.2, 0.25) is 0 Å². The summed E-state index contributed by atoms with van der Waals surface area (Å²) in [5.41, 5.74) is 3.59. The molecule has 2 atom stereocenters. The van der Waals surface area contributed by atoms with Gasteiger partial charge in [-0.2, -0.15) is 0 Å². The number of likely N-dealkylation sites (N-methyl/N-ethyl adjacent to an activating group) is 1. The second-order valence-corrected chi connectivity index (χ2v) is 5.75. The summed E-state index contributed by atoms with van der Waals surface area (Å²) in [6.45, 7) is 4.28. The summed E-state index contributed by atoms with van der Waals surface area (Å²) in [4.78, 5) is 2.22. The van der Waals surface area contributed by atoms with E-state index in [1.807, 2.05) is 18.2 Å². The zero-order chi connectivity index (χ0) is 13.7. The number of hydrogen-bond acceptors (Lipinski definition) is 2. The van der Waals surface area contributed by atoms with Gasteiger partial charge in [0.1, 0.15) is 5.75 Å². The summed E-state index contributed by atoms with van der Waals surface area (Å²) < 4.78 is 0. The zero-order valence-corrected chi connectivity index (χ0v) is 12.2. The van der Waals surface area contributed by atoms with Crippen LogP contribution in [0.4, 0.5) is 5.69 Å². The first-order valence-electron chi connectivity index (χ1n) is 6.60. The Balaban J connectivity index is 2.44. The Morgan fingerprint density at radius 3 is 2.79 bits per heavy atom. The number of benzene rings is 2. The fourth-order valence-corrected chi connectivity index (χ4v) is 3.67. The summed E-state index contributed by atoms with van der Waals surface area (Å²) in [6, 6.07) is 8.29. The van der Waals surface area contributed by atoms with Crippen LogP contribution >= 0.6 is 11.6 Å². The number of alkyl halides is 1. The molecule has 1 heterocycles. The summed E-state index contributed by atoms with van der Waals surface area (Å²) >= 11 is 6.20. The van der Waals surface area contributed by atoms with Gasteiger partial charge < -0.3 is 10.0 Å². The number of nitrogens with zero attached hydrogens (tertiary/aromatic N) is 1. The minimum absolute atomic E-state index is 0.311. The van der Waals surface area contributed by atoms with Crippen LogP contribution in [-0.2, 0) is 0 Å². The number of aromatic hydroxyl groups is 1. The third-order valence-electron chi connectivity index (χ3n) is 4.48. The van der Waals surface area contributed by atoms with E-state index in [1.54, 1.807) is 0 Å². The molecule has 1 N–H and O–H groups in total. The zero-order valence-electron chi connectivity index (χ0n) is 11.4. The number of hydrogen-bond donors (Lipinski definition) is 1. The van der Waals surface area contributed by atoms with E-state index in [1.165, 1.54) is 16.5 Å². The summed E-state index contributed by atoms with van der Waals surface area (Å²) in [6.07, 6.45) is 0. The summed E-state index contributed by atoms with van der Waals surface area (Å²) in [5, 5.41) is 12.4. The molecule has 0 radical (unpaired) electrons. The number of aryl methyl sites for hydroxylation is 1. The third-order valence-corrected chi connectivity index (χ3v) is 4.81. The number of phenolic OH excluding ortho intramolecular Hbond substituents is 1. The SMILES string of the molecule is Cc1cccc2c(O)cc3c(c12)[C@H](CCl)[C@@H](C)N3C. The minimum Gasteiger partial charge on any atom is -0.507 e. The van der Waals surface area contributed by atoms with Gasteiger partial charge in [-0.25, -0.2) is 0 Å². The predicted molar refractivity (Wildman–Crippen MR) is 81.7 cm³/mol. The van der Waals surface area contributed by atoms with Crippen molar-refractivity contribution in [3.63, 3.8) is 0 Å². The van der Waals surface area contributed by atoms with Gasteiger partial charge in [0.05, 0.1) is 0 Å². The quantitative estimate of drug-likeness (QED) is 0.795. The second kappa shape index (κ2) is 4.31. The van der Waals surface area contributed by atoms with Crippen LogP contribution in [0.15, 0.2) is 24.3 Å². The first kappa shape index (κ1) is 12.6. The molecule has 100 valence electrons. The predicted octanol–water partition coefficient (Wildman–Crippen LogP) is 4.01. The highest BCUT2D eigenvalue weighted by atomic mass is 35.5. The van der Waals surface area contributed by atoms with Gasteiger partial charge in [-0.3, -0.25) is 0 Å². The third kappa shape index (κ3) is 1.63. The van der Waals surface area contributed by atoms with E-state index in [-0.39, 0.29) is 0 Å². The topological polar surface area (TPSA) is 23.5 Å². The molecule has 2 aromatic carbocycles. The van der Waals surface area contributed by atoms with Gasteiger partial charge in [0.25, 0.3) is 0 Å². The van der Waals surface area contributed by atoms with Crippen molar-refractivity contribution in [2.24, 2.45) is 0 Å². The maximum absolute atomic E-state index is 10.3. The lowest BCUT2D eigenvalue weighted by Crippen LogP contribution is -2.27. The first-order chi connectivity index (χ1) is 9.06. The Kier molecular flexibility index (Phi) is 2.86. The number of halogens is 1. The number of anilines is 1. The molecular formula is C16H18ClNO. The first-order valence-corrected chi connectivity index (χ1v) is 7.13. The molecule has 19 heavy (non-hydrogen) atoms. The molecule has 1 aliphatic rings. The molecule has 1 aliphatic heterocycles. The Morgan fingerprint density at radius 1 is 1.37 bits per heavy atom. The molecule has 0 aromatic heterocycles. The fourth-order valence-electron chi connectivity index (χ4n) is 3.26. The molecule has 0 unspecified atom stereocenters. The molecule has 3 rings (SSSR count). The Hall–Kier alpha value is -1.41. The van der Waals surface area contributed by atoms with Crippen LogP contribution in [-0.4, -0.2) is 24.1 Å². The molecule has 0 bridgehead atoms. The molecule has 0 saturated carbocycles. The van der Waals surface area contributed by atoms with Crippen molar-refractivity contribution >= 4 is 28.1 Å². The van der Waals surface area contributed by atoms with Crippen LogP contribution in [0.2, 0.25) is 0 Å². The van der Waals surface area contributed by atoms with Crippen molar-refractivity contribution in [3.05, 3.63) is 35.4 Å². The van der Waals surface area contributed by atoms with Crippen molar-refractivity contribution in [1.82, 2.24) is 0 Å². The number of phenols is 1. The Morgan fingerprint density at radius 2 is 2.11 bits per heavy atom. The van der Waals surface area contributed by atoms with Crippen molar-refractivity contribution in [2.75, 3.05) is 17.8 Å². The van der Waals surface area contributed by atoms with Gasteiger partial charge >= 0.3 is 0 Å². The molecule has 2 nitrogen and oxygen atoms in total. The van der Waals surface area contributed by atoms with Gasteiger partial charge in [-0.15, -0.1) is 11.6 Å². The van der Waals surface area contributed by atoms with E-state index in [0.29, 0.717) is 23.6 Å². The van der Waals surface area contributed by atoms with Gasteiger partial charge in [-0.1, -0.05) is 18.2 Å². The average Bonchev–Trinajstić information content (AvgIpc) is 2.63. The van der Waals surface area contributed by atoms with E-state index in [4.69, 9.17) is 11.6 Å². The van der Waals surface area contributed by atoms with Crippen molar-refractivity contribution in [3.8, 4) is 5.75 Å². The smallest absolute Gasteiger partial charge is 0.125 e. The van der Waals surface area contributed by atoms with Crippen LogP contribution in [0.1, 0.15) is 24.0 Å². The Bertz CT molecular complexity index is 653. The highest BCUT2D eigenvalue weighted by Crippen LogP contribution is 2.48. The largest absolute Gasteiger partial charge is 0.507 e. The normalized spacial score (nSPS) is 22.0. The molecular weight excluding hydrogens is 258 g/mol. The van der Waals surface area contributed by atoms with Gasteiger partial charge in [-0.05, 0) is 30.4 Å². The molecule has 0 aliphatic carbocycles. The minimum atomic E-state index is 0.311. The molecule has 0 spiro atoms. The highest BCUT2D eigenvalue weighted by molar-refractivity contribution is 6.19. The lowest BCUT2D eigenvalue weighted by Gasteiger charge is -2.21. The van der Waals surface area contributed by atoms with E-state index in [2.05, 4.69) is 31.9 Å². The van der Waals surface area contributed by atoms with E-state index in [9.17, 15) is 5.11 Å². The van der Waals surface area contributed by atoms with Crippen LogP contribution in [0.25, 0.3) is 10.8 Å². The van der Waals surface area contributed by atoms with Crippen LogP contribution in [0, 0.1) is 6.92 Å². The fraction of sp³-hybridized carbons (Fsp3) is 0.375.